The maximum absolute atomic E-state index is 10.5. The van der Waals surface area contributed by atoms with Gasteiger partial charge < -0.3 is 15.6 Å². The highest BCUT2D eigenvalue weighted by Crippen LogP contribution is 2.56. The first-order chi connectivity index (χ1) is 10.4. The maximum atomic E-state index is 10.5. The molecule has 1 saturated carbocycles. The maximum Gasteiger partial charge on any atom is 0.167 e. The van der Waals surface area contributed by atoms with Crippen LogP contribution in [0, 0.1) is 5.92 Å². The number of hydrogen-bond acceptors (Lipinski definition) is 6. The van der Waals surface area contributed by atoms with Gasteiger partial charge in [-0.2, -0.15) is 0 Å². The van der Waals surface area contributed by atoms with Crippen molar-refractivity contribution < 1.29 is 9.84 Å². The molecule has 0 bridgehead atoms. The van der Waals surface area contributed by atoms with E-state index in [9.17, 15) is 5.11 Å². The van der Waals surface area contributed by atoms with Crippen molar-refractivity contribution in [1.82, 2.24) is 19.5 Å². The number of nitrogens with two attached hydrogens (primary N) is 1. The van der Waals surface area contributed by atoms with Gasteiger partial charge in [0.15, 0.2) is 11.5 Å². The third-order valence-corrected chi connectivity index (χ3v) is 5.26. The highest BCUT2D eigenvalue weighted by atomic mass is 16.5. The van der Waals surface area contributed by atoms with Crippen molar-refractivity contribution in [3.63, 3.8) is 0 Å². The van der Waals surface area contributed by atoms with Crippen LogP contribution in [0.1, 0.15) is 45.8 Å². The number of ether oxygens (including phenoxy) is 1. The van der Waals surface area contributed by atoms with Crippen molar-refractivity contribution >= 4 is 17.0 Å². The lowest BCUT2D eigenvalue weighted by Gasteiger charge is -2.53. The summed E-state index contributed by atoms with van der Waals surface area (Å²) in [4.78, 5) is 12.5. The minimum absolute atomic E-state index is 0.101. The van der Waals surface area contributed by atoms with Gasteiger partial charge in [-0.1, -0.05) is 13.8 Å². The van der Waals surface area contributed by atoms with Crippen molar-refractivity contribution in [1.29, 1.82) is 0 Å². The smallest absolute Gasteiger partial charge is 0.167 e. The second kappa shape index (κ2) is 4.39. The van der Waals surface area contributed by atoms with E-state index in [0.717, 1.165) is 12.8 Å². The molecule has 1 atom stereocenters. The van der Waals surface area contributed by atoms with E-state index in [0.29, 0.717) is 29.8 Å². The zero-order valence-corrected chi connectivity index (χ0v) is 12.9. The fourth-order valence-corrected chi connectivity index (χ4v) is 3.80. The molecule has 3 N–H and O–H groups in total. The van der Waals surface area contributed by atoms with Crippen molar-refractivity contribution in [2.45, 2.75) is 57.0 Å². The molecule has 1 aliphatic carbocycles. The van der Waals surface area contributed by atoms with E-state index >= 15 is 0 Å². The summed E-state index contributed by atoms with van der Waals surface area (Å²) in [7, 11) is 0. The van der Waals surface area contributed by atoms with Crippen molar-refractivity contribution in [2.24, 2.45) is 5.92 Å². The molecule has 3 heterocycles. The third kappa shape index (κ3) is 1.85. The first kappa shape index (κ1) is 13.9. The molecule has 4 rings (SSSR count). The average molecular weight is 303 g/mol. The Morgan fingerprint density at radius 2 is 2.14 bits per heavy atom. The van der Waals surface area contributed by atoms with Crippen LogP contribution in [0.5, 0.6) is 0 Å². The molecule has 2 aliphatic rings. The fraction of sp³-hybridized carbons (Fsp3) is 0.667. The van der Waals surface area contributed by atoms with Gasteiger partial charge in [-0.15, -0.1) is 0 Å². The summed E-state index contributed by atoms with van der Waals surface area (Å²) in [5.41, 5.74) is 6.36. The van der Waals surface area contributed by atoms with Crippen LogP contribution in [0.2, 0.25) is 0 Å². The van der Waals surface area contributed by atoms with Gasteiger partial charge in [0.1, 0.15) is 18.1 Å². The van der Waals surface area contributed by atoms with E-state index in [-0.39, 0.29) is 17.7 Å². The molecule has 22 heavy (non-hydrogen) atoms. The number of aliphatic hydroxyl groups is 1. The Balaban J connectivity index is 1.57. The Morgan fingerprint density at radius 3 is 2.86 bits per heavy atom. The van der Waals surface area contributed by atoms with Gasteiger partial charge in [0.2, 0.25) is 0 Å². The monoisotopic (exact) mass is 303 g/mol. The summed E-state index contributed by atoms with van der Waals surface area (Å²) in [6, 6.07) is 0. The number of nitrogens with zero attached hydrogens (tertiary/aromatic N) is 4. The Labute approximate surface area is 128 Å². The van der Waals surface area contributed by atoms with Crippen molar-refractivity contribution in [2.75, 3.05) is 5.73 Å². The van der Waals surface area contributed by atoms with Crippen LogP contribution < -0.4 is 5.73 Å². The second-order valence-electron chi connectivity index (χ2n) is 6.99. The molecule has 0 unspecified atom stereocenters. The highest BCUT2D eigenvalue weighted by molar-refractivity contribution is 5.81. The Hall–Kier alpha value is -1.73. The zero-order valence-electron chi connectivity index (χ0n) is 12.9. The molecule has 7 nitrogen and oxygen atoms in total. The van der Waals surface area contributed by atoms with Crippen LogP contribution in [0.15, 0.2) is 12.7 Å². The molecule has 118 valence electrons. The standard InChI is InChI=1S/C15H21N5O2/c1-9(2)15(21)5-14(6-15)4-3-10(22-14)20-8-19-11-12(16)17-7-18-13(11)20/h7-10,21H,3-6H2,1-2H3,(H2,16,17,18)/t10-,14-,15+/m1/s1. The van der Waals surface area contributed by atoms with E-state index in [1.54, 1.807) is 6.33 Å². The predicted molar refractivity (Wildman–Crippen MR) is 80.8 cm³/mol. The first-order valence-electron chi connectivity index (χ1n) is 7.76. The van der Waals surface area contributed by atoms with E-state index < -0.39 is 5.60 Å². The van der Waals surface area contributed by atoms with Crippen LogP contribution >= 0.6 is 0 Å². The van der Waals surface area contributed by atoms with Crippen molar-refractivity contribution in [3.8, 4) is 0 Å². The van der Waals surface area contributed by atoms with Gasteiger partial charge >= 0.3 is 0 Å². The number of fused-ring (bicyclic) bond motifs is 1. The number of anilines is 1. The molecule has 2 aromatic rings. The Morgan fingerprint density at radius 1 is 1.36 bits per heavy atom. The predicted octanol–water partition coefficient (Wildman–Crippen LogP) is 1.64. The molecule has 1 saturated heterocycles. The lowest BCUT2D eigenvalue weighted by molar-refractivity contribution is -0.224. The summed E-state index contributed by atoms with van der Waals surface area (Å²) < 4.78 is 8.21. The number of nitrogen functional groups attached to an aromatic ring is 1. The normalized spacial score (nSPS) is 34.6. The summed E-state index contributed by atoms with van der Waals surface area (Å²) in [6.07, 6.45) is 6.32. The first-order valence-corrected chi connectivity index (χ1v) is 7.76. The number of hydrogen-bond donors (Lipinski definition) is 2. The quantitative estimate of drug-likeness (QED) is 0.875. The largest absolute Gasteiger partial charge is 0.389 e. The van der Waals surface area contributed by atoms with Gasteiger partial charge in [0.25, 0.3) is 0 Å². The van der Waals surface area contributed by atoms with Crippen LogP contribution in [-0.4, -0.2) is 35.8 Å². The summed E-state index contributed by atoms with van der Waals surface area (Å²) in [5.74, 6) is 0.636. The lowest BCUT2D eigenvalue weighted by Crippen LogP contribution is -2.59. The van der Waals surface area contributed by atoms with Crippen LogP contribution in [-0.2, 0) is 4.74 Å². The molecule has 0 aromatic carbocycles. The van der Waals surface area contributed by atoms with Crippen LogP contribution in [0.4, 0.5) is 5.82 Å². The molecule has 1 aliphatic heterocycles. The number of rotatable bonds is 2. The van der Waals surface area contributed by atoms with E-state index in [4.69, 9.17) is 10.5 Å². The summed E-state index contributed by atoms with van der Waals surface area (Å²) in [5, 5.41) is 10.5. The SMILES string of the molecule is CC(C)[C@]1(O)C[C@]2(CC[C@H](n3cnc4c(N)ncnc43)O2)C1. The molecule has 0 amide bonds. The molecule has 7 heteroatoms. The average Bonchev–Trinajstić information content (AvgIpc) is 3.02. The van der Waals surface area contributed by atoms with Gasteiger partial charge in [0, 0.05) is 12.8 Å². The zero-order chi connectivity index (χ0) is 15.5. The topological polar surface area (TPSA) is 99.1 Å². The van der Waals surface area contributed by atoms with E-state index in [1.165, 1.54) is 6.33 Å². The van der Waals surface area contributed by atoms with Gasteiger partial charge in [0.05, 0.1) is 17.5 Å². The molecule has 2 fully saturated rings. The molecule has 1 spiro atoms. The van der Waals surface area contributed by atoms with Crippen molar-refractivity contribution in [3.05, 3.63) is 12.7 Å². The summed E-state index contributed by atoms with van der Waals surface area (Å²) in [6.45, 7) is 4.12. The minimum atomic E-state index is -0.585. The van der Waals surface area contributed by atoms with E-state index in [2.05, 4.69) is 28.8 Å². The molecular weight excluding hydrogens is 282 g/mol. The number of imidazole rings is 1. The highest BCUT2D eigenvalue weighted by Gasteiger charge is 2.59. The molecule has 0 radical (unpaired) electrons. The minimum Gasteiger partial charge on any atom is -0.389 e. The summed E-state index contributed by atoms with van der Waals surface area (Å²) >= 11 is 0. The lowest BCUT2D eigenvalue weighted by atomic mass is 9.61. The Bertz CT molecular complexity index is 720. The molecule has 2 aromatic heterocycles. The van der Waals surface area contributed by atoms with Gasteiger partial charge in [-0.3, -0.25) is 4.57 Å². The molecular formula is C15H21N5O2. The third-order valence-electron chi connectivity index (χ3n) is 5.26. The Kier molecular flexibility index (Phi) is 2.77. The van der Waals surface area contributed by atoms with Crippen LogP contribution in [0.3, 0.4) is 0 Å². The number of aromatic nitrogens is 4. The second-order valence-corrected chi connectivity index (χ2v) is 6.99. The fourth-order valence-electron chi connectivity index (χ4n) is 3.80. The van der Waals surface area contributed by atoms with Gasteiger partial charge in [-0.25, -0.2) is 15.0 Å². The van der Waals surface area contributed by atoms with Crippen LogP contribution in [0.25, 0.3) is 11.2 Å². The van der Waals surface area contributed by atoms with E-state index in [1.807, 2.05) is 4.57 Å². The van der Waals surface area contributed by atoms with Gasteiger partial charge in [-0.05, 0) is 18.8 Å².